The number of halogens is 2. The number of benzene rings is 1. The third kappa shape index (κ3) is 1.33. The number of piperidine rings is 1. The van der Waals surface area contributed by atoms with Gasteiger partial charge in [-0.15, -0.1) is 0 Å². The van der Waals surface area contributed by atoms with Gasteiger partial charge in [0.25, 0.3) is 0 Å². The summed E-state index contributed by atoms with van der Waals surface area (Å²) in [5.41, 5.74) is 1.94. The van der Waals surface area contributed by atoms with E-state index < -0.39 is 0 Å². The summed E-state index contributed by atoms with van der Waals surface area (Å²) in [7, 11) is 0. The van der Waals surface area contributed by atoms with Gasteiger partial charge in [0.1, 0.15) is 11.7 Å². The van der Waals surface area contributed by atoms with Gasteiger partial charge in [-0.25, -0.2) is 9.38 Å². The number of nitrogens with zero attached hydrogens (tertiary/aromatic N) is 2. The molecule has 0 radical (unpaired) electrons. The van der Waals surface area contributed by atoms with E-state index in [2.05, 4.69) is 25.8 Å². The SMILES string of the molecule is Fc1cc(Br)c2c(c1)N=C1C3CCC(C3)N1C2. The first-order chi connectivity index (χ1) is 8.22. The molecule has 1 aromatic rings. The predicted octanol–water partition coefficient (Wildman–Crippen LogP) is 3.62. The molecule has 2 fully saturated rings. The van der Waals surface area contributed by atoms with Crippen LogP contribution < -0.4 is 0 Å². The molecule has 2 atom stereocenters. The smallest absolute Gasteiger partial charge is 0.126 e. The second kappa shape index (κ2) is 3.31. The van der Waals surface area contributed by atoms with Crippen molar-refractivity contribution in [2.45, 2.75) is 31.8 Å². The van der Waals surface area contributed by atoms with Crippen molar-refractivity contribution in [2.75, 3.05) is 0 Å². The Kier molecular flexibility index (Phi) is 1.96. The average Bonchev–Trinajstić information content (AvgIpc) is 2.87. The van der Waals surface area contributed by atoms with Crippen LogP contribution >= 0.6 is 15.9 Å². The Hall–Kier alpha value is -0.900. The van der Waals surface area contributed by atoms with Crippen molar-refractivity contribution in [3.05, 3.63) is 28.0 Å². The molecule has 1 aromatic carbocycles. The number of hydrogen-bond acceptors (Lipinski definition) is 2. The van der Waals surface area contributed by atoms with E-state index in [0.29, 0.717) is 12.0 Å². The van der Waals surface area contributed by atoms with Gasteiger partial charge in [-0.2, -0.15) is 0 Å². The zero-order valence-corrected chi connectivity index (χ0v) is 10.9. The Morgan fingerprint density at radius 1 is 1.35 bits per heavy atom. The lowest BCUT2D eigenvalue weighted by Gasteiger charge is -2.34. The zero-order chi connectivity index (χ0) is 11.6. The van der Waals surface area contributed by atoms with Crippen LogP contribution in [0.5, 0.6) is 0 Å². The van der Waals surface area contributed by atoms with Gasteiger partial charge < -0.3 is 4.90 Å². The fraction of sp³-hybridized carbons (Fsp3) is 0.462. The molecule has 17 heavy (non-hydrogen) atoms. The number of fused-ring (bicyclic) bond motifs is 6. The molecule has 0 aromatic heterocycles. The van der Waals surface area contributed by atoms with Gasteiger partial charge in [0.15, 0.2) is 0 Å². The van der Waals surface area contributed by atoms with Crippen LogP contribution in [-0.2, 0) is 6.54 Å². The van der Waals surface area contributed by atoms with Gasteiger partial charge >= 0.3 is 0 Å². The number of aliphatic imine (C=N–C) groups is 1. The van der Waals surface area contributed by atoms with Crippen LogP contribution in [0.3, 0.4) is 0 Å². The standard InChI is InChI=1S/C13H12BrFN2/c14-11-4-8(15)5-12-10(11)6-17-9-2-1-7(3-9)13(17)16-12/h4-5,7,9H,1-3,6H2. The summed E-state index contributed by atoms with van der Waals surface area (Å²) >= 11 is 3.45. The van der Waals surface area contributed by atoms with Crippen molar-refractivity contribution in [3.8, 4) is 0 Å². The maximum Gasteiger partial charge on any atom is 0.126 e. The molecule has 0 amide bonds. The van der Waals surface area contributed by atoms with Crippen LogP contribution in [0.4, 0.5) is 10.1 Å². The highest BCUT2D eigenvalue weighted by Gasteiger charge is 2.44. The lowest BCUT2D eigenvalue weighted by Crippen LogP contribution is -2.38. The van der Waals surface area contributed by atoms with E-state index in [1.54, 1.807) is 6.07 Å². The molecule has 0 N–H and O–H groups in total. The molecule has 4 rings (SSSR count). The van der Waals surface area contributed by atoms with Crippen LogP contribution in [0.15, 0.2) is 21.6 Å². The first kappa shape index (κ1) is 10.1. The van der Waals surface area contributed by atoms with E-state index in [1.165, 1.54) is 31.2 Å². The van der Waals surface area contributed by atoms with Gasteiger partial charge in [0.2, 0.25) is 0 Å². The Morgan fingerprint density at radius 2 is 2.24 bits per heavy atom. The molecule has 1 saturated heterocycles. The summed E-state index contributed by atoms with van der Waals surface area (Å²) in [5.74, 6) is 1.61. The van der Waals surface area contributed by atoms with Crippen LogP contribution in [0, 0.1) is 11.7 Å². The van der Waals surface area contributed by atoms with E-state index in [4.69, 9.17) is 0 Å². The molecule has 0 spiro atoms. The summed E-state index contributed by atoms with van der Waals surface area (Å²) in [5, 5.41) is 0. The summed E-state index contributed by atoms with van der Waals surface area (Å²) in [6.45, 7) is 0.885. The van der Waals surface area contributed by atoms with Crippen molar-refractivity contribution < 1.29 is 4.39 Å². The highest BCUT2D eigenvalue weighted by atomic mass is 79.9. The Bertz CT molecular complexity index is 540. The van der Waals surface area contributed by atoms with Crippen molar-refractivity contribution >= 4 is 27.5 Å². The minimum atomic E-state index is -0.211. The van der Waals surface area contributed by atoms with Crippen molar-refractivity contribution in [2.24, 2.45) is 10.9 Å². The molecule has 2 bridgehead atoms. The fourth-order valence-electron chi connectivity index (χ4n) is 3.40. The van der Waals surface area contributed by atoms with Crippen molar-refractivity contribution in [3.63, 3.8) is 0 Å². The minimum absolute atomic E-state index is 0.211. The van der Waals surface area contributed by atoms with Crippen LogP contribution in [0.1, 0.15) is 24.8 Å². The molecular weight excluding hydrogens is 283 g/mol. The predicted molar refractivity (Wildman–Crippen MR) is 67.9 cm³/mol. The highest BCUT2D eigenvalue weighted by Crippen LogP contribution is 2.45. The molecule has 88 valence electrons. The van der Waals surface area contributed by atoms with E-state index >= 15 is 0 Å². The van der Waals surface area contributed by atoms with Gasteiger partial charge in [-0.1, -0.05) is 15.9 Å². The van der Waals surface area contributed by atoms with Gasteiger partial charge in [0.05, 0.1) is 5.69 Å². The lowest BCUT2D eigenvalue weighted by molar-refractivity contribution is 0.316. The highest BCUT2D eigenvalue weighted by molar-refractivity contribution is 9.10. The summed E-state index contributed by atoms with van der Waals surface area (Å²) in [4.78, 5) is 7.10. The van der Waals surface area contributed by atoms with Gasteiger partial charge in [-0.05, 0) is 31.4 Å². The summed E-state index contributed by atoms with van der Waals surface area (Å²) in [6, 6.07) is 3.76. The first-order valence-corrected chi connectivity index (χ1v) is 6.85. The zero-order valence-electron chi connectivity index (χ0n) is 9.29. The van der Waals surface area contributed by atoms with Gasteiger partial charge in [0, 0.05) is 28.5 Å². The summed E-state index contributed by atoms with van der Waals surface area (Å²) in [6.07, 6.45) is 3.79. The summed E-state index contributed by atoms with van der Waals surface area (Å²) < 4.78 is 14.2. The number of amidine groups is 1. The van der Waals surface area contributed by atoms with E-state index in [-0.39, 0.29) is 5.82 Å². The molecule has 4 heteroatoms. The fourth-order valence-corrected chi connectivity index (χ4v) is 3.95. The van der Waals surface area contributed by atoms with Crippen molar-refractivity contribution in [1.82, 2.24) is 4.90 Å². The molecule has 2 nitrogen and oxygen atoms in total. The van der Waals surface area contributed by atoms with E-state index in [0.717, 1.165) is 22.3 Å². The first-order valence-electron chi connectivity index (χ1n) is 6.05. The Morgan fingerprint density at radius 3 is 3.12 bits per heavy atom. The molecule has 2 unspecified atom stereocenters. The van der Waals surface area contributed by atoms with E-state index in [1.807, 2.05) is 0 Å². The maximum absolute atomic E-state index is 13.4. The minimum Gasteiger partial charge on any atom is -0.352 e. The second-order valence-electron chi connectivity index (χ2n) is 5.15. The third-order valence-electron chi connectivity index (χ3n) is 4.21. The van der Waals surface area contributed by atoms with Crippen molar-refractivity contribution in [1.29, 1.82) is 0 Å². The third-order valence-corrected chi connectivity index (χ3v) is 4.91. The topological polar surface area (TPSA) is 15.6 Å². The largest absolute Gasteiger partial charge is 0.352 e. The number of rotatable bonds is 0. The van der Waals surface area contributed by atoms with Crippen LogP contribution in [0.25, 0.3) is 0 Å². The quantitative estimate of drug-likeness (QED) is 0.714. The average molecular weight is 295 g/mol. The molecule has 2 aliphatic heterocycles. The molecular formula is C13H12BrFN2. The molecule has 2 heterocycles. The van der Waals surface area contributed by atoms with Gasteiger partial charge in [-0.3, -0.25) is 0 Å². The molecule has 1 aliphatic carbocycles. The lowest BCUT2D eigenvalue weighted by atomic mass is 10.0. The normalized spacial score (nSPS) is 29.1. The number of hydrogen-bond donors (Lipinski definition) is 0. The van der Waals surface area contributed by atoms with Crippen LogP contribution in [0.2, 0.25) is 0 Å². The second-order valence-corrected chi connectivity index (χ2v) is 6.00. The monoisotopic (exact) mass is 294 g/mol. The maximum atomic E-state index is 13.4. The van der Waals surface area contributed by atoms with E-state index in [9.17, 15) is 4.39 Å². The Balaban J connectivity index is 1.87. The molecule has 3 aliphatic rings. The Labute approximate surface area is 108 Å². The van der Waals surface area contributed by atoms with Crippen LogP contribution in [-0.4, -0.2) is 16.8 Å². The molecule has 1 saturated carbocycles.